The van der Waals surface area contributed by atoms with E-state index >= 15 is 0 Å². The Hall–Kier alpha value is -1.62. The van der Waals surface area contributed by atoms with Crippen molar-refractivity contribution in [3.63, 3.8) is 0 Å². The molecule has 76 valence electrons. The van der Waals surface area contributed by atoms with E-state index in [0.717, 1.165) is 0 Å². The number of aromatic nitrogens is 1. The third-order valence-electron chi connectivity index (χ3n) is 2.06. The van der Waals surface area contributed by atoms with Gasteiger partial charge < -0.3 is 16.2 Å². The van der Waals surface area contributed by atoms with Crippen LogP contribution < -0.4 is 11.1 Å². The highest BCUT2D eigenvalue weighted by atomic mass is 16.4. The van der Waals surface area contributed by atoms with Crippen molar-refractivity contribution in [2.45, 2.75) is 12.5 Å². The first kappa shape index (κ1) is 10.5. The second-order valence-corrected chi connectivity index (χ2v) is 3.19. The molecule has 5 nitrogen and oxygen atoms in total. The van der Waals surface area contributed by atoms with Gasteiger partial charge in [0.15, 0.2) is 0 Å². The van der Waals surface area contributed by atoms with Crippen molar-refractivity contribution in [3.05, 3.63) is 23.9 Å². The summed E-state index contributed by atoms with van der Waals surface area (Å²) in [5, 5.41) is 11.7. The zero-order chi connectivity index (χ0) is 10.8. The van der Waals surface area contributed by atoms with Gasteiger partial charge in [0, 0.05) is 18.8 Å². The van der Waals surface area contributed by atoms with Gasteiger partial charge >= 0.3 is 5.97 Å². The van der Waals surface area contributed by atoms with Gasteiger partial charge in [-0.25, -0.2) is 9.78 Å². The summed E-state index contributed by atoms with van der Waals surface area (Å²) in [5.74, 6) is -0.397. The average Bonchev–Trinajstić information content (AvgIpc) is 2.17. The molecule has 1 aromatic heterocycles. The number of carbonyl (C=O) groups is 1. The van der Waals surface area contributed by atoms with E-state index in [2.05, 4.69) is 10.3 Å². The Labute approximate surface area is 82.0 Å². The molecule has 0 unspecified atom stereocenters. The number of carboxylic acids is 1. The molecule has 0 bridgehead atoms. The van der Waals surface area contributed by atoms with Crippen LogP contribution in [0, 0.1) is 0 Å². The predicted molar refractivity (Wildman–Crippen MR) is 53.0 cm³/mol. The molecule has 0 radical (unpaired) electrons. The Morgan fingerprint density at radius 1 is 1.64 bits per heavy atom. The Balaban J connectivity index is 3.02. The molecule has 5 heteroatoms. The summed E-state index contributed by atoms with van der Waals surface area (Å²) in [6.07, 6.45) is 1.46. The molecular weight excluding hydrogens is 182 g/mol. The highest BCUT2D eigenvalue weighted by Crippen LogP contribution is 2.17. The average molecular weight is 195 g/mol. The first-order valence-corrected chi connectivity index (χ1v) is 4.15. The van der Waals surface area contributed by atoms with Crippen LogP contribution >= 0.6 is 0 Å². The monoisotopic (exact) mass is 195 g/mol. The van der Waals surface area contributed by atoms with E-state index in [1.807, 2.05) is 0 Å². The van der Waals surface area contributed by atoms with Gasteiger partial charge in [0.05, 0.1) is 0 Å². The maximum absolute atomic E-state index is 10.8. The molecule has 0 saturated carbocycles. The topological polar surface area (TPSA) is 88.2 Å². The lowest BCUT2D eigenvalue weighted by Gasteiger charge is -2.19. The van der Waals surface area contributed by atoms with Gasteiger partial charge in [-0.2, -0.15) is 0 Å². The molecule has 0 aliphatic carbocycles. The molecule has 0 aliphatic rings. The minimum atomic E-state index is -1.39. The summed E-state index contributed by atoms with van der Waals surface area (Å²) < 4.78 is 0. The number of nitrogens with zero attached hydrogens (tertiary/aromatic N) is 1. The quantitative estimate of drug-likeness (QED) is 0.649. The SMILES string of the molecule is CNc1ccc([C@@](C)(N)C(=O)O)cn1. The second kappa shape index (κ2) is 3.63. The highest BCUT2D eigenvalue weighted by molar-refractivity contribution is 5.79. The smallest absolute Gasteiger partial charge is 0.328 e. The van der Waals surface area contributed by atoms with Crippen molar-refractivity contribution >= 4 is 11.8 Å². The third-order valence-corrected chi connectivity index (χ3v) is 2.06. The van der Waals surface area contributed by atoms with Crippen LogP contribution in [-0.2, 0) is 10.3 Å². The molecule has 14 heavy (non-hydrogen) atoms. The fraction of sp³-hybridized carbons (Fsp3) is 0.333. The molecule has 0 fully saturated rings. The van der Waals surface area contributed by atoms with E-state index in [0.29, 0.717) is 11.4 Å². The number of rotatable bonds is 3. The normalized spacial score (nSPS) is 14.5. The highest BCUT2D eigenvalue weighted by Gasteiger charge is 2.30. The van der Waals surface area contributed by atoms with Crippen molar-refractivity contribution in [2.75, 3.05) is 12.4 Å². The minimum Gasteiger partial charge on any atom is -0.480 e. The zero-order valence-electron chi connectivity index (χ0n) is 8.11. The molecule has 0 spiro atoms. The number of nitrogens with two attached hydrogens (primary N) is 1. The van der Waals surface area contributed by atoms with Crippen molar-refractivity contribution in [1.82, 2.24) is 4.98 Å². The Morgan fingerprint density at radius 2 is 2.29 bits per heavy atom. The lowest BCUT2D eigenvalue weighted by molar-refractivity contribution is -0.143. The van der Waals surface area contributed by atoms with Crippen molar-refractivity contribution < 1.29 is 9.90 Å². The molecule has 0 amide bonds. The number of nitrogens with one attached hydrogen (secondary N) is 1. The number of anilines is 1. The molecule has 4 N–H and O–H groups in total. The van der Waals surface area contributed by atoms with Crippen molar-refractivity contribution in [2.24, 2.45) is 5.73 Å². The van der Waals surface area contributed by atoms with Crippen LogP contribution in [0.15, 0.2) is 18.3 Å². The summed E-state index contributed by atoms with van der Waals surface area (Å²) in [7, 11) is 1.74. The van der Waals surface area contributed by atoms with Gasteiger partial charge in [-0.3, -0.25) is 0 Å². The fourth-order valence-electron chi connectivity index (χ4n) is 0.972. The molecule has 0 aliphatic heterocycles. The van der Waals surface area contributed by atoms with E-state index in [1.165, 1.54) is 13.1 Å². The fourth-order valence-corrected chi connectivity index (χ4v) is 0.972. The van der Waals surface area contributed by atoms with E-state index < -0.39 is 11.5 Å². The van der Waals surface area contributed by atoms with Crippen molar-refractivity contribution in [1.29, 1.82) is 0 Å². The van der Waals surface area contributed by atoms with E-state index in [1.54, 1.807) is 19.2 Å². The largest absolute Gasteiger partial charge is 0.480 e. The maximum atomic E-state index is 10.8. The summed E-state index contributed by atoms with van der Waals surface area (Å²) in [4.78, 5) is 14.8. The number of pyridine rings is 1. The lowest BCUT2D eigenvalue weighted by atomic mass is 9.95. The Bertz CT molecular complexity index is 332. The second-order valence-electron chi connectivity index (χ2n) is 3.19. The molecule has 1 aromatic rings. The zero-order valence-corrected chi connectivity index (χ0v) is 8.11. The van der Waals surface area contributed by atoms with Gasteiger partial charge in [0.2, 0.25) is 0 Å². The molecule has 1 rings (SSSR count). The number of carboxylic acid groups (broad SMARTS) is 1. The first-order valence-electron chi connectivity index (χ1n) is 4.15. The van der Waals surface area contributed by atoms with Crippen LogP contribution in [0.4, 0.5) is 5.82 Å². The predicted octanol–water partition coefficient (Wildman–Crippen LogP) is 0.382. The summed E-state index contributed by atoms with van der Waals surface area (Å²) >= 11 is 0. The van der Waals surface area contributed by atoms with Gasteiger partial charge in [0.1, 0.15) is 11.4 Å². The summed E-state index contributed by atoms with van der Waals surface area (Å²) in [5.41, 5.74) is 4.70. The van der Waals surface area contributed by atoms with Gasteiger partial charge in [-0.1, -0.05) is 6.07 Å². The van der Waals surface area contributed by atoms with Crippen LogP contribution in [0.1, 0.15) is 12.5 Å². The number of hydrogen-bond donors (Lipinski definition) is 3. The molecule has 0 saturated heterocycles. The standard InChI is InChI=1S/C9H13N3O2/c1-9(10,8(13)14)6-3-4-7(11-2)12-5-6/h3-5H,10H2,1-2H3,(H,11,12)(H,13,14)/t9-/m1/s1. The number of hydrogen-bond acceptors (Lipinski definition) is 4. The van der Waals surface area contributed by atoms with E-state index in [-0.39, 0.29) is 0 Å². The van der Waals surface area contributed by atoms with Crippen LogP contribution in [0.3, 0.4) is 0 Å². The molecule has 0 aromatic carbocycles. The molecular formula is C9H13N3O2. The minimum absolute atomic E-state index is 0.476. The van der Waals surface area contributed by atoms with E-state index in [9.17, 15) is 4.79 Å². The summed E-state index contributed by atoms with van der Waals surface area (Å²) in [6.45, 7) is 1.44. The van der Waals surface area contributed by atoms with E-state index in [4.69, 9.17) is 10.8 Å². The van der Waals surface area contributed by atoms with Crippen LogP contribution in [0.5, 0.6) is 0 Å². The van der Waals surface area contributed by atoms with Crippen molar-refractivity contribution in [3.8, 4) is 0 Å². The van der Waals surface area contributed by atoms with Gasteiger partial charge in [-0.05, 0) is 13.0 Å². The third kappa shape index (κ3) is 1.82. The number of aliphatic carboxylic acids is 1. The first-order chi connectivity index (χ1) is 6.48. The van der Waals surface area contributed by atoms with Crippen LogP contribution in [0.25, 0.3) is 0 Å². The van der Waals surface area contributed by atoms with Gasteiger partial charge in [0.25, 0.3) is 0 Å². The Kier molecular flexibility index (Phi) is 2.71. The van der Waals surface area contributed by atoms with Crippen LogP contribution in [-0.4, -0.2) is 23.1 Å². The lowest BCUT2D eigenvalue weighted by Crippen LogP contribution is -2.41. The van der Waals surface area contributed by atoms with Crippen LogP contribution in [0.2, 0.25) is 0 Å². The van der Waals surface area contributed by atoms with Gasteiger partial charge in [-0.15, -0.1) is 0 Å². The maximum Gasteiger partial charge on any atom is 0.328 e. The Morgan fingerprint density at radius 3 is 2.64 bits per heavy atom. The molecule has 1 atom stereocenters. The summed E-state index contributed by atoms with van der Waals surface area (Å²) in [6, 6.07) is 3.33. The molecule has 1 heterocycles.